The fourth-order valence-corrected chi connectivity index (χ4v) is 7.37. The monoisotopic (exact) mass is 763 g/mol. The Morgan fingerprint density at radius 1 is 0.577 bits per heavy atom. The Hall–Kier alpha value is -0.830. The van der Waals surface area contributed by atoms with Crippen LogP contribution in [0.25, 0.3) is 0 Å². The molecule has 0 saturated carbocycles. The van der Waals surface area contributed by atoms with Crippen molar-refractivity contribution in [2.24, 2.45) is 0 Å². The van der Waals surface area contributed by atoms with Gasteiger partial charge in [0.05, 0.1) is 27.7 Å². The molecule has 2 unspecified atom stereocenters. The average molecular weight is 763 g/mol. The molecule has 0 aromatic heterocycles. The second kappa shape index (κ2) is 34.6. The molecule has 0 aliphatic rings. The van der Waals surface area contributed by atoms with Crippen molar-refractivity contribution in [1.29, 1.82) is 0 Å². The molecule has 0 aliphatic heterocycles. The third-order valence-electron chi connectivity index (χ3n) is 9.89. The molecule has 52 heavy (non-hydrogen) atoms. The Bertz CT molecular complexity index is 881. The zero-order valence-electron chi connectivity index (χ0n) is 34.7. The second-order valence-electron chi connectivity index (χ2n) is 16.2. The molecule has 0 aliphatic carbocycles. The van der Waals surface area contributed by atoms with Crippen LogP contribution in [0.5, 0.6) is 0 Å². The van der Waals surface area contributed by atoms with Crippen LogP contribution in [0.15, 0.2) is 0 Å². The molecule has 10 heteroatoms. The highest BCUT2D eigenvalue weighted by Gasteiger charge is 2.38. The van der Waals surface area contributed by atoms with Gasteiger partial charge in [-0.05, 0) is 12.8 Å². The maximum atomic E-state index is 13.3. The van der Waals surface area contributed by atoms with Gasteiger partial charge in [-0.3, -0.25) is 18.6 Å². The van der Waals surface area contributed by atoms with Gasteiger partial charge in [0.25, 0.3) is 0 Å². The summed E-state index contributed by atoms with van der Waals surface area (Å²) in [7, 11) is 1.12. The summed E-state index contributed by atoms with van der Waals surface area (Å²) >= 11 is 0. The van der Waals surface area contributed by atoms with Crippen molar-refractivity contribution < 1.29 is 42.4 Å². The number of carbonyl (C=O) groups excluding carboxylic acids is 2. The van der Waals surface area contributed by atoms with Crippen molar-refractivity contribution in [3.8, 4) is 0 Å². The van der Waals surface area contributed by atoms with E-state index in [9.17, 15) is 24.2 Å². The zero-order valence-corrected chi connectivity index (χ0v) is 35.6. The van der Waals surface area contributed by atoms with Crippen molar-refractivity contribution in [3.63, 3.8) is 0 Å². The molecule has 0 radical (unpaired) electrons. The molecule has 2 N–H and O–H groups in total. The topological polar surface area (TPSA) is 119 Å². The van der Waals surface area contributed by atoms with Gasteiger partial charge in [-0.25, -0.2) is 4.57 Å². The number of ether oxygens (including phenoxy) is 1. The third-order valence-corrected chi connectivity index (χ3v) is 10.9. The van der Waals surface area contributed by atoms with Crippen LogP contribution >= 0.6 is 7.82 Å². The lowest BCUT2D eigenvalue weighted by atomic mass is 10.0. The van der Waals surface area contributed by atoms with E-state index in [2.05, 4.69) is 13.8 Å². The maximum absolute atomic E-state index is 13.3. The number of esters is 1. The molecule has 0 aromatic rings. The summed E-state index contributed by atoms with van der Waals surface area (Å²) in [6, 6.07) is 0. The Labute approximate surface area is 320 Å². The molecule has 0 fully saturated rings. The van der Waals surface area contributed by atoms with Gasteiger partial charge in [0.15, 0.2) is 18.0 Å². The largest absolute Gasteiger partial charge is 0.473 e. The van der Waals surface area contributed by atoms with E-state index in [1.54, 1.807) is 0 Å². The number of rotatable bonds is 40. The van der Waals surface area contributed by atoms with Crippen molar-refractivity contribution in [3.05, 3.63) is 0 Å². The smallest absolute Gasteiger partial charge is 0.457 e. The van der Waals surface area contributed by atoms with Crippen LogP contribution in [0.4, 0.5) is 0 Å². The number of likely N-dealkylation sites (N-methyl/N-ethyl adjacent to an activating group) is 1. The van der Waals surface area contributed by atoms with Crippen molar-refractivity contribution in [2.45, 2.75) is 219 Å². The number of hydrogen-bond acceptors (Lipinski definition) is 7. The molecule has 0 heterocycles. The molecule has 9 nitrogen and oxygen atoms in total. The van der Waals surface area contributed by atoms with E-state index in [1.807, 2.05) is 21.1 Å². The highest BCUT2D eigenvalue weighted by Crippen LogP contribution is 2.45. The Morgan fingerprint density at radius 3 is 1.27 bits per heavy atom. The summed E-state index contributed by atoms with van der Waals surface area (Å²) in [5.41, 5.74) is 0. The molecular weight excluding hydrogens is 677 g/mol. The maximum Gasteiger partial charge on any atom is 0.473 e. The molecule has 0 amide bonds. The number of phosphoric ester groups is 1. The number of unbranched alkanes of at least 4 members (excludes halogenated alkanes) is 26. The summed E-state index contributed by atoms with van der Waals surface area (Å²) < 4.78 is 29.4. The molecule has 0 rings (SSSR count). The van der Waals surface area contributed by atoms with Gasteiger partial charge in [0, 0.05) is 12.8 Å². The Balaban J connectivity index is 4.62. The normalized spacial score (nSPS) is 14.3. The van der Waals surface area contributed by atoms with E-state index in [0.717, 1.165) is 38.5 Å². The Kier molecular flexibility index (Phi) is 34.1. The lowest BCUT2D eigenvalue weighted by Gasteiger charge is -2.27. The van der Waals surface area contributed by atoms with E-state index >= 15 is 0 Å². The fourth-order valence-electron chi connectivity index (χ4n) is 6.46. The van der Waals surface area contributed by atoms with Gasteiger partial charge in [0.2, 0.25) is 0 Å². The lowest BCUT2D eigenvalue weighted by Crippen LogP contribution is -2.42. The van der Waals surface area contributed by atoms with E-state index < -0.39 is 38.4 Å². The molecule has 0 bridgehead atoms. The van der Waals surface area contributed by atoms with Crippen molar-refractivity contribution in [1.82, 2.24) is 0 Å². The summed E-state index contributed by atoms with van der Waals surface area (Å²) in [4.78, 5) is 36.5. The van der Waals surface area contributed by atoms with E-state index in [-0.39, 0.29) is 19.4 Å². The molecule has 3 atom stereocenters. The van der Waals surface area contributed by atoms with Gasteiger partial charge in [-0.2, -0.15) is 0 Å². The lowest BCUT2D eigenvalue weighted by molar-refractivity contribution is -0.870. The van der Waals surface area contributed by atoms with E-state index in [0.29, 0.717) is 23.9 Å². The first kappa shape index (κ1) is 51.2. The zero-order chi connectivity index (χ0) is 38.8. The number of nitrogens with zero attached hydrogens (tertiary/aromatic N) is 1. The van der Waals surface area contributed by atoms with Gasteiger partial charge in [-0.1, -0.05) is 181 Å². The number of carbonyl (C=O) groups is 2. The minimum atomic E-state index is -4.66. The minimum absolute atomic E-state index is 0.0557. The number of hydrogen-bond donors (Lipinski definition) is 2. The van der Waals surface area contributed by atoms with E-state index in [1.165, 1.54) is 128 Å². The van der Waals surface area contributed by atoms with Gasteiger partial charge < -0.3 is 19.2 Å². The van der Waals surface area contributed by atoms with Crippen molar-refractivity contribution in [2.75, 3.05) is 40.9 Å². The first-order valence-corrected chi connectivity index (χ1v) is 23.2. The van der Waals surface area contributed by atoms with Crippen molar-refractivity contribution >= 4 is 19.6 Å². The number of aliphatic hydroxyl groups excluding tert-OH is 1. The quantitative estimate of drug-likeness (QED) is 0.0274. The summed E-state index contributed by atoms with van der Waals surface area (Å²) in [5.74, 6) is -1.01. The SMILES string of the molecule is CCCCCCCCCCCCCCCCCC(=O)C(OP(=O)(O)OCC[N+](C)(C)C)[C@H](CO)OC(=O)CCCCCCCCCCCCCCC. The number of aliphatic hydroxyl groups is 1. The number of ketones is 1. The Morgan fingerprint density at radius 2 is 0.923 bits per heavy atom. The van der Waals surface area contributed by atoms with Crippen LogP contribution in [0, 0.1) is 0 Å². The number of quaternary nitrogens is 1. The van der Waals surface area contributed by atoms with Crippen LogP contribution < -0.4 is 0 Å². The highest BCUT2D eigenvalue weighted by molar-refractivity contribution is 7.47. The van der Waals surface area contributed by atoms with Gasteiger partial charge in [-0.15, -0.1) is 0 Å². The summed E-state index contributed by atoms with van der Waals surface area (Å²) in [6.45, 7) is 4.19. The average Bonchev–Trinajstić information content (AvgIpc) is 3.09. The second-order valence-corrected chi connectivity index (χ2v) is 17.6. The van der Waals surface area contributed by atoms with Crippen LogP contribution in [0.2, 0.25) is 0 Å². The van der Waals surface area contributed by atoms with Crippen LogP contribution in [0.1, 0.15) is 206 Å². The number of phosphoric acid groups is 1. The summed E-state index contributed by atoms with van der Waals surface area (Å²) in [6.07, 6.45) is 30.9. The van der Waals surface area contributed by atoms with Gasteiger partial charge >= 0.3 is 13.8 Å². The minimum Gasteiger partial charge on any atom is -0.457 e. The fraction of sp³-hybridized carbons (Fsp3) is 0.952. The predicted octanol–water partition coefficient (Wildman–Crippen LogP) is 11.4. The summed E-state index contributed by atoms with van der Waals surface area (Å²) in [5, 5.41) is 10.1. The predicted molar refractivity (Wildman–Crippen MR) is 215 cm³/mol. The first-order chi connectivity index (χ1) is 25.0. The van der Waals surface area contributed by atoms with Gasteiger partial charge in [0.1, 0.15) is 13.2 Å². The molecule has 310 valence electrons. The first-order valence-electron chi connectivity index (χ1n) is 21.7. The number of Topliss-reactive ketones (excluding diaryl/α,β-unsaturated/α-hetero) is 1. The molecule has 0 spiro atoms. The molecule has 0 aromatic carbocycles. The van der Waals surface area contributed by atoms with E-state index in [4.69, 9.17) is 13.8 Å². The van der Waals surface area contributed by atoms with Crippen LogP contribution in [0.3, 0.4) is 0 Å². The molecule has 0 saturated heterocycles. The standard InChI is InChI=1S/C42H84NO8P/c1-6-8-10-12-14-16-18-20-21-23-24-26-28-30-32-34-39(45)42(51-52(47,48)49-37-36-43(3,4)5)40(38-44)50-41(46)35-33-31-29-27-25-22-19-17-15-13-11-9-7-2/h40,42,44H,6-38H2,1-5H3/p+1/t40-,42?/m0/s1. The molecular formula is C42H85NO8P+. The van der Waals surface area contributed by atoms with Crippen LogP contribution in [-0.2, 0) is 27.9 Å². The third kappa shape index (κ3) is 33.7. The van der Waals surface area contributed by atoms with Crippen LogP contribution in [-0.4, -0.2) is 79.3 Å². The highest BCUT2D eigenvalue weighted by atomic mass is 31.2.